The molecule has 0 saturated carbocycles. The van der Waals surface area contributed by atoms with Crippen LogP contribution in [-0.4, -0.2) is 35.5 Å². The highest BCUT2D eigenvalue weighted by molar-refractivity contribution is 5.68. The van der Waals surface area contributed by atoms with Gasteiger partial charge in [0, 0.05) is 6.42 Å². The summed E-state index contributed by atoms with van der Waals surface area (Å²) in [4.78, 5) is 10.9. The van der Waals surface area contributed by atoms with Crippen molar-refractivity contribution in [3.63, 3.8) is 0 Å². The normalized spacial score (nSPS) is 14.6. The number of unbranched alkanes of at least 4 members (excludes halogenated alkanes) is 5. The first-order valence-corrected chi connectivity index (χ1v) is 9.54. The van der Waals surface area contributed by atoms with Crippen LogP contribution in [0.2, 0.25) is 0 Å². The molecule has 2 unspecified atom stereocenters. The molecule has 25 heavy (non-hydrogen) atoms. The lowest BCUT2D eigenvalue weighted by atomic mass is 10.1. The van der Waals surface area contributed by atoms with Gasteiger partial charge in [0.25, 0.3) is 0 Å². The zero-order chi connectivity index (χ0) is 18.8. The molecule has 0 saturated heterocycles. The Kier molecular flexibility index (Phi) is 16.5. The maximum Gasteiger partial charge on any atom is 0.305 e. The van der Waals surface area contributed by atoms with Gasteiger partial charge in [0.05, 0.1) is 19.3 Å². The molecule has 4 heteroatoms. The lowest BCUT2D eigenvalue weighted by Gasteiger charge is -2.04. The average molecular weight is 353 g/mol. The van der Waals surface area contributed by atoms with Gasteiger partial charge in [-0.1, -0.05) is 81.9 Å². The van der Waals surface area contributed by atoms with Gasteiger partial charge in [0.1, 0.15) is 0 Å². The molecule has 2 atom stereocenters. The Bertz CT molecular complexity index is 399. The van der Waals surface area contributed by atoms with E-state index in [0.717, 1.165) is 12.8 Å². The molecule has 144 valence electrons. The number of esters is 1. The third kappa shape index (κ3) is 17.2. The first kappa shape index (κ1) is 23.6. The molecule has 0 aliphatic carbocycles. The maximum atomic E-state index is 10.9. The Morgan fingerprint density at radius 2 is 1.36 bits per heavy atom. The number of hydrogen-bond acceptors (Lipinski definition) is 4. The minimum atomic E-state index is -0.559. The summed E-state index contributed by atoms with van der Waals surface area (Å²) in [5, 5.41) is 19.6. The second kappa shape index (κ2) is 17.4. The van der Waals surface area contributed by atoms with Gasteiger partial charge in [-0.25, -0.2) is 0 Å². The summed E-state index contributed by atoms with van der Waals surface area (Å²) in [6.45, 7) is 2.21. The smallest absolute Gasteiger partial charge is 0.305 e. The zero-order valence-corrected chi connectivity index (χ0v) is 15.9. The highest BCUT2D eigenvalue weighted by Gasteiger charge is 2.03. The van der Waals surface area contributed by atoms with Crippen LogP contribution in [0.25, 0.3) is 0 Å². The van der Waals surface area contributed by atoms with Crippen molar-refractivity contribution in [2.45, 2.75) is 83.3 Å². The van der Waals surface area contributed by atoms with Crippen LogP contribution in [-0.2, 0) is 9.53 Å². The fourth-order valence-corrected chi connectivity index (χ4v) is 2.40. The van der Waals surface area contributed by atoms with Crippen molar-refractivity contribution in [1.82, 2.24) is 0 Å². The van der Waals surface area contributed by atoms with Gasteiger partial charge in [-0.3, -0.25) is 4.79 Å². The number of allylic oxidation sites excluding steroid dienone is 4. The number of carbonyl (C=O) groups is 1. The van der Waals surface area contributed by atoms with E-state index >= 15 is 0 Å². The van der Waals surface area contributed by atoms with E-state index < -0.39 is 6.10 Å². The van der Waals surface area contributed by atoms with Gasteiger partial charge >= 0.3 is 5.97 Å². The molecule has 0 aromatic rings. The summed E-state index contributed by atoms with van der Waals surface area (Å²) in [5.41, 5.74) is 0. The van der Waals surface area contributed by atoms with Crippen molar-refractivity contribution >= 4 is 5.97 Å². The molecule has 0 amide bonds. The average Bonchev–Trinajstić information content (AvgIpc) is 2.60. The van der Waals surface area contributed by atoms with Gasteiger partial charge in [-0.05, 0) is 19.3 Å². The van der Waals surface area contributed by atoms with Crippen LogP contribution in [0.1, 0.15) is 71.1 Å². The molecule has 0 aromatic heterocycles. The van der Waals surface area contributed by atoms with Gasteiger partial charge in [-0.15, -0.1) is 0 Å². The molecule has 4 nitrogen and oxygen atoms in total. The summed E-state index contributed by atoms with van der Waals surface area (Å²) in [6, 6.07) is 0. The van der Waals surface area contributed by atoms with E-state index in [4.69, 9.17) is 0 Å². The molecule has 0 fully saturated rings. The van der Waals surface area contributed by atoms with E-state index in [9.17, 15) is 15.0 Å². The first-order chi connectivity index (χ1) is 12.1. The van der Waals surface area contributed by atoms with E-state index in [2.05, 4.69) is 11.7 Å². The molecule has 0 bridgehead atoms. The number of carbonyl (C=O) groups excluding carboxylic acids is 1. The Balaban J connectivity index is 3.72. The van der Waals surface area contributed by atoms with E-state index in [1.165, 1.54) is 39.2 Å². The Morgan fingerprint density at radius 1 is 0.840 bits per heavy atom. The largest absolute Gasteiger partial charge is 0.469 e. The molecule has 2 N–H and O–H groups in total. The van der Waals surface area contributed by atoms with Crippen LogP contribution in [0.5, 0.6) is 0 Å². The monoisotopic (exact) mass is 352 g/mol. The topological polar surface area (TPSA) is 66.8 Å². The highest BCUT2D eigenvalue weighted by Crippen LogP contribution is 2.09. The predicted octanol–water partition coefficient (Wildman–Crippen LogP) is 4.47. The van der Waals surface area contributed by atoms with Crippen molar-refractivity contribution in [3.05, 3.63) is 36.5 Å². The van der Waals surface area contributed by atoms with Crippen LogP contribution in [0.15, 0.2) is 36.5 Å². The molecule has 0 heterocycles. The standard InChI is InChI=1S/C21H36O4/c1-3-4-5-6-7-10-14-19(22)15-11-8-9-12-16-20(23)17-13-18-21(24)25-2/h8-9,11-12,15-16,19-20,22-23H,3-7,10,13-14,17-18H2,1-2H3/b9-8+,15-11+,16-12-. The van der Waals surface area contributed by atoms with Gasteiger partial charge in [-0.2, -0.15) is 0 Å². The Hall–Kier alpha value is -1.39. The second-order valence-electron chi connectivity index (χ2n) is 6.31. The van der Waals surface area contributed by atoms with Crippen molar-refractivity contribution < 1.29 is 19.7 Å². The Morgan fingerprint density at radius 3 is 1.92 bits per heavy atom. The lowest BCUT2D eigenvalue weighted by molar-refractivity contribution is -0.140. The highest BCUT2D eigenvalue weighted by atomic mass is 16.5. The van der Waals surface area contributed by atoms with E-state index in [1.54, 1.807) is 18.2 Å². The summed E-state index contributed by atoms with van der Waals surface area (Å²) < 4.78 is 4.55. The molecule has 0 radical (unpaired) electrons. The van der Waals surface area contributed by atoms with E-state index in [-0.39, 0.29) is 12.1 Å². The third-order valence-electron chi connectivity index (χ3n) is 3.96. The number of ether oxygens (including phenoxy) is 1. The van der Waals surface area contributed by atoms with Gasteiger partial charge in [0.15, 0.2) is 0 Å². The molecular weight excluding hydrogens is 316 g/mol. The summed E-state index contributed by atoms with van der Waals surface area (Å²) in [5.74, 6) is -0.249. The van der Waals surface area contributed by atoms with Crippen molar-refractivity contribution in [2.75, 3.05) is 7.11 Å². The number of hydrogen-bond donors (Lipinski definition) is 2. The fourth-order valence-electron chi connectivity index (χ4n) is 2.40. The first-order valence-electron chi connectivity index (χ1n) is 9.54. The summed E-state index contributed by atoms with van der Waals surface area (Å²) in [7, 11) is 1.36. The van der Waals surface area contributed by atoms with Crippen LogP contribution < -0.4 is 0 Å². The third-order valence-corrected chi connectivity index (χ3v) is 3.96. The zero-order valence-electron chi connectivity index (χ0n) is 15.9. The SMILES string of the molecule is CCCCCCCCC(O)/C=C/C=C/C=C\C(O)CCCC(=O)OC. The molecule has 0 spiro atoms. The van der Waals surface area contributed by atoms with E-state index in [1.807, 2.05) is 18.2 Å². The van der Waals surface area contributed by atoms with Crippen LogP contribution >= 0.6 is 0 Å². The van der Waals surface area contributed by atoms with E-state index in [0.29, 0.717) is 19.3 Å². The molecular formula is C21H36O4. The van der Waals surface area contributed by atoms with Crippen molar-refractivity contribution in [1.29, 1.82) is 0 Å². The quantitative estimate of drug-likeness (QED) is 0.259. The van der Waals surface area contributed by atoms with Crippen molar-refractivity contribution in [2.24, 2.45) is 0 Å². The van der Waals surface area contributed by atoms with Crippen LogP contribution in [0, 0.1) is 0 Å². The summed E-state index contributed by atoms with van der Waals surface area (Å²) >= 11 is 0. The number of rotatable bonds is 15. The maximum absolute atomic E-state index is 10.9. The minimum Gasteiger partial charge on any atom is -0.469 e. The number of methoxy groups -OCH3 is 1. The number of aliphatic hydroxyl groups is 2. The molecule has 0 aliphatic rings. The minimum absolute atomic E-state index is 0.249. The van der Waals surface area contributed by atoms with Crippen molar-refractivity contribution in [3.8, 4) is 0 Å². The summed E-state index contributed by atoms with van der Waals surface area (Å²) in [6.07, 6.45) is 19.5. The molecule has 0 aliphatic heterocycles. The van der Waals surface area contributed by atoms with Gasteiger partial charge in [0.2, 0.25) is 0 Å². The fraction of sp³-hybridized carbons (Fsp3) is 0.667. The van der Waals surface area contributed by atoms with Crippen LogP contribution in [0.4, 0.5) is 0 Å². The Labute approximate surface area is 153 Å². The lowest BCUT2D eigenvalue weighted by Crippen LogP contribution is -2.05. The predicted molar refractivity (Wildman–Crippen MR) is 103 cm³/mol. The molecule has 0 aromatic carbocycles. The van der Waals surface area contributed by atoms with Gasteiger partial charge < -0.3 is 14.9 Å². The second-order valence-corrected chi connectivity index (χ2v) is 6.31. The number of aliphatic hydroxyl groups excluding tert-OH is 2. The molecule has 0 rings (SSSR count). The van der Waals surface area contributed by atoms with Crippen LogP contribution in [0.3, 0.4) is 0 Å².